The van der Waals surface area contributed by atoms with E-state index >= 15 is 0 Å². The molecule has 0 spiro atoms. The second kappa shape index (κ2) is 6.15. The molecule has 0 amide bonds. The van der Waals surface area contributed by atoms with Crippen molar-refractivity contribution < 1.29 is 9.47 Å². The van der Waals surface area contributed by atoms with Crippen molar-refractivity contribution in [3.63, 3.8) is 0 Å². The third-order valence-corrected chi connectivity index (χ3v) is 3.01. The summed E-state index contributed by atoms with van der Waals surface area (Å²) in [7, 11) is 3.23. The molecular formula is C14H17N3O2. The Morgan fingerprint density at radius 1 is 1.16 bits per heavy atom. The van der Waals surface area contributed by atoms with Crippen LogP contribution in [0.4, 0.5) is 0 Å². The summed E-state index contributed by atoms with van der Waals surface area (Å²) >= 11 is 0. The molecule has 0 bridgehead atoms. The predicted molar refractivity (Wildman–Crippen MR) is 72.5 cm³/mol. The zero-order valence-corrected chi connectivity index (χ0v) is 11.0. The average molecular weight is 259 g/mol. The van der Waals surface area contributed by atoms with Crippen molar-refractivity contribution in [3.8, 4) is 11.5 Å². The smallest absolute Gasteiger partial charge is 0.161 e. The standard InChI is InChI=1S/C14H17N3O2/c1-18-13-4-3-10(7-14(13)19-2)11(8-15)12-5-6-16-9-17-12/h3-7,9,11H,8,15H2,1-2H3. The van der Waals surface area contributed by atoms with Gasteiger partial charge in [-0.3, -0.25) is 0 Å². The van der Waals surface area contributed by atoms with E-state index in [1.165, 1.54) is 6.33 Å². The average Bonchev–Trinajstić information content (AvgIpc) is 2.49. The van der Waals surface area contributed by atoms with Crippen molar-refractivity contribution >= 4 is 0 Å². The van der Waals surface area contributed by atoms with Crippen molar-refractivity contribution in [1.29, 1.82) is 0 Å². The number of methoxy groups -OCH3 is 2. The summed E-state index contributed by atoms with van der Waals surface area (Å²) in [6.45, 7) is 0.465. The highest BCUT2D eigenvalue weighted by Gasteiger charge is 2.16. The van der Waals surface area contributed by atoms with Crippen LogP contribution in [0.5, 0.6) is 11.5 Å². The van der Waals surface area contributed by atoms with Gasteiger partial charge in [0.2, 0.25) is 0 Å². The second-order valence-corrected chi connectivity index (χ2v) is 4.04. The van der Waals surface area contributed by atoms with Crippen molar-refractivity contribution in [2.75, 3.05) is 20.8 Å². The minimum atomic E-state index is 0.0165. The molecule has 1 aromatic heterocycles. The number of aromatic nitrogens is 2. The maximum atomic E-state index is 5.87. The lowest BCUT2D eigenvalue weighted by Crippen LogP contribution is -2.15. The molecule has 100 valence electrons. The third-order valence-electron chi connectivity index (χ3n) is 3.01. The first-order chi connectivity index (χ1) is 9.30. The fourth-order valence-corrected chi connectivity index (χ4v) is 2.00. The van der Waals surface area contributed by atoms with Gasteiger partial charge in [0.15, 0.2) is 11.5 Å². The van der Waals surface area contributed by atoms with Gasteiger partial charge in [-0.15, -0.1) is 0 Å². The fourth-order valence-electron chi connectivity index (χ4n) is 2.00. The van der Waals surface area contributed by atoms with Crippen LogP contribution in [0.1, 0.15) is 17.2 Å². The zero-order chi connectivity index (χ0) is 13.7. The third kappa shape index (κ3) is 2.82. The van der Waals surface area contributed by atoms with Crippen molar-refractivity contribution in [2.24, 2.45) is 5.73 Å². The lowest BCUT2D eigenvalue weighted by molar-refractivity contribution is 0.354. The number of nitrogens with two attached hydrogens (primary N) is 1. The Morgan fingerprint density at radius 3 is 2.53 bits per heavy atom. The summed E-state index contributed by atoms with van der Waals surface area (Å²) in [6.07, 6.45) is 3.24. The number of nitrogens with zero attached hydrogens (tertiary/aromatic N) is 2. The molecule has 2 N–H and O–H groups in total. The maximum absolute atomic E-state index is 5.87. The van der Waals surface area contributed by atoms with Gasteiger partial charge in [-0.25, -0.2) is 9.97 Å². The number of benzene rings is 1. The number of hydrogen-bond donors (Lipinski definition) is 1. The van der Waals surface area contributed by atoms with E-state index in [1.807, 2.05) is 24.3 Å². The minimum absolute atomic E-state index is 0.0165. The quantitative estimate of drug-likeness (QED) is 0.882. The topological polar surface area (TPSA) is 70.3 Å². The van der Waals surface area contributed by atoms with Crippen LogP contribution in [0.2, 0.25) is 0 Å². The Labute approximate surface area is 112 Å². The predicted octanol–water partition coefficient (Wildman–Crippen LogP) is 1.58. The van der Waals surface area contributed by atoms with Gasteiger partial charge in [-0.2, -0.15) is 0 Å². The monoisotopic (exact) mass is 259 g/mol. The van der Waals surface area contributed by atoms with Crippen LogP contribution in [0.15, 0.2) is 36.8 Å². The molecule has 5 nitrogen and oxygen atoms in total. The van der Waals surface area contributed by atoms with E-state index in [0.717, 1.165) is 11.3 Å². The van der Waals surface area contributed by atoms with E-state index in [1.54, 1.807) is 20.4 Å². The highest BCUT2D eigenvalue weighted by Crippen LogP contribution is 2.32. The lowest BCUT2D eigenvalue weighted by atomic mass is 9.95. The minimum Gasteiger partial charge on any atom is -0.493 e. The van der Waals surface area contributed by atoms with Gasteiger partial charge in [0.25, 0.3) is 0 Å². The van der Waals surface area contributed by atoms with Crippen LogP contribution < -0.4 is 15.2 Å². The fraction of sp³-hybridized carbons (Fsp3) is 0.286. The molecule has 0 aliphatic carbocycles. The van der Waals surface area contributed by atoms with Gasteiger partial charge in [0.1, 0.15) is 6.33 Å². The molecule has 1 heterocycles. The molecule has 0 aliphatic rings. The van der Waals surface area contributed by atoms with E-state index in [9.17, 15) is 0 Å². The Morgan fingerprint density at radius 2 is 1.95 bits per heavy atom. The van der Waals surface area contributed by atoms with Gasteiger partial charge in [0.05, 0.1) is 19.9 Å². The molecule has 0 radical (unpaired) electrons. The van der Waals surface area contributed by atoms with Gasteiger partial charge < -0.3 is 15.2 Å². The summed E-state index contributed by atoms with van der Waals surface area (Å²) in [5.74, 6) is 1.40. The molecule has 2 aromatic rings. The first-order valence-electron chi connectivity index (χ1n) is 5.98. The lowest BCUT2D eigenvalue weighted by Gasteiger charge is -2.16. The van der Waals surface area contributed by atoms with Gasteiger partial charge in [-0.05, 0) is 23.8 Å². The van der Waals surface area contributed by atoms with Crippen LogP contribution >= 0.6 is 0 Å². The van der Waals surface area contributed by atoms with Gasteiger partial charge >= 0.3 is 0 Å². The van der Waals surface area contributed by atoms with E-state index in [-0.39, 0.29) is 5.92 Å². The molecule has 1 unspecified atom stereocenters. The van der Waals surface area contributed by atoms with Crippen LogP contribution in [-0.2, 0) is 0 Å². The van der Waals surface area contributed by atoms with E-state index < -0.39 is 0 Å². The number of ether oxygens (including phenoxy) is 2. The molecule has 19 heavy (non-hydrogen) atoms. The van der Waals surface area contributed by atoms with E-state index in [0.29, 0.717) is 18.0 Å². The largest absolute Gasteiger partial charge is 0.493 e. The second-order valence-electron chi connectivity index (χ2n) is 4.04. The van der Waals surface area contributed by atoms with Crippen molar-refractivity contribution in [2.45, 2.75) is 5.92 Å². The Hall–Kier alpha value is -2.14. The highest BCUT2D eigenvalue weighted by molar-refractivity contribution is 5.45. The summed E-state index contributed by atoms with van der Waals surface area (Å²) in [6, 6.07) is 7.64. The number of rotatable bonds is 5. The van der Waals surface area contributed by atoms with Crippen LogP contribution in [0.3, 0.4) is 0 Å². The molecule has 0 saturated carbocycles. The summed E-state index contributed by atoms with van der Waals surface area (Å²) < 4.78 is 10.5. The highest BCUT2D eigenvalue weighted by atomic mass is 16.5. The number of hydrogen-bond acceptors (Lipinski definition) is 5. The molecule has 0 aliphatic heterocycles. The molecule has 1 atom stereocenters. The normalized spacial score (nSPS) is 11.9. The maximum Gasteiger partial charge on any atom is 0.161 e. The molecule has 0 fully saturated rings. The van der Waals surface area contributed by atoms with E-state index in [2.05, 4.69) is 9.97 Å². The Kier molecular flexibility index (Phi) is 4.30. The first kappa shape index (κ1) is 13.3. The van der Waals surface area contributed by atoms with Gasteiger partial charge in [-0.1, -0.05) is 6.07 Å². The molecule has 0 saturated heterocycles. The van der Waals surface area contributed by atoms with E-state index in [4.69, 9.17) is 15.2 Å². The molecule has 5 heteroatoms. The van der Waals surface area contributed by atoms with Crippen LogP contribution in [0, 0.1) is 0 Å². The summed E-state index contributed by atoms with van der Waals surface area (Å²) in [5.41, 5.74) is 7.80. The molecular weight excluding hydrogens is 242 g/mol. The molecule has 1 aromatic carbocycles. The Bertz CT molecular complexity index is 531. The van der Waals surface area contributed by atoms with Gasteiger partial charge in [0, 0.05) is 18.7 Å². The first-order valence-corrected chi connectivity index (χ1v) is 5.98. The Balaban J connectivity index is 2.39. The van der Waals surface area contributed by atoms with Crippen LogP contribution in [-0.4, -0.2) is 30.7 Å². The van der Waals surface area contributed by atoms with Crippen molar-refractivity contribution in [1.82, 2.24) is 9.97 Å². The molecule has 2 rings (SSSR count). The SMILES string of the molecule is COc1ccc(C(CN)c2ccncn2)cc1OC. The zero-order valence-electron chi connectivity index (χ0n) is 11.0. The summed E-state index contributed by atoms with van der Waals surface area (Å²) in [4.78, 5) is 8.18. The van der Waals surface area contributed by atoms with Crippen LogP contribution in [0.25, 0.3) is 0 Å². The summed E-state index contributed by atoms with van der Waals surface area (Å²) in [5, 5.41) is 0. The van der Waals surface area contributed by atoms with Crippen molar-refractivity contribution in [3.05, 3.63) is 48.0 Å².